The molecule has 0 aromatic heterocycles. The molecule has 0 aromatic rings. The third-order valence-electron chi connectivity index (χ3n) is 1.46. The first kappa shape index (κ1) is 7.62. The van der Waals surface area contributed by atoms with Gasteiger partial charge in [0.2, 0.25) is 0 Å². The van der Waals surface area contributed by atoms with Crippen LogP contribution >= 0.6 is 0 Å². The topological polar surface area (TPSA) is 0 Å². The molecule has 0 amide bonds. The molecular weight excluding hydrogens is 137 g/mol. The molecule has 0 N–H and O–H groups in total. The summed E-state index contributed by atoms with van der Waals surface area (Å²) in [5.41, 5.74) is 0. The largest absolute Gasteiger partial charge is 0.317 e. The first-order chi connectivity index (χ1) is 2.89. The van der Waals surface area contributed by atoms with Crippen molar-refractivity contribution in [2.24, 2.45) is 0 Å². The molecule has 0 bridgehead atoms. The van der Waals surface area contributed by atoms with Crippen LogP contribution in [-0.2, 0) is 19.5 Å². The first-order valence-corrected chi connectivity index (χ1v) is 2.71. The third-order valence-corrected chi connectivity index (χ3v) is 1.46. The Morgan fingerprint density at radius 2 is 1.57 bits per heavy atom. The number of hydrogen-bond donors (Lipinski definition) is 0. The van der Waals surface area contributed by atoms with E-state index >= 15 is 0 Å². The van der Waals surface area contributed by atoms with Crippen LogP contribution in [0.25, 0.3) is 0 Å². The van der Waals surface area contributed by atoms with Gasteiger partial charge in [-0.3, -0.25) is 0 Å². The van der Waals surface area contributed by atoms with Gasteiger partial charge in [-0.1, -0.05) is 12.8 Å². The molecule has 0 atom stereocenters. The second kappa shape index (κ2) is 3.60. The molecule has 0 nitrogen and oxygen atoms in total. The Bertz CT molecular complexity index is 37.4. The fraction of sp³-hybridized carbons (Fsp3) is 0.833. The smallest absolute Gasteiger partial charge is 0 e. The average molecular weight is 149 g/mol. The van der Waals surface area contributed by atoms with E-state index in [4.69, 9.17) is 0 Å². The van der Waals surface area contributed by atoms with Crippen molar-refractivity contribution in [3.63, 3.8) is 0 Å². The van der Waals surface area contributed by atoms with Crippen molar-refractivity contribution in [2.45, 2.75) is 32.6 Å². The predicted molar refractivity (Wildman–Crippen MR) is 27.4 cm³/mol. The molecule has 1 fully saturated rings. The number of hydrogen-bond acceptors (Lipinski definition) is 0. The molecule has 1 saturated carbocycles. The molecule has 0 aliphatic heterocycles. The summed E-state index contributed by atoms with van der Waals surface area (Å²) >= 11 is 0. The molecule has 1 rings (SSSR count). The van der Waals surface area contributed by atoms with E-state index in [1.165, 1.54) is 25.7 Å². The van der Waals surface area contributed by atoms with Gasteiger partial charge in [0.05, 0.1) is 0 Å². The van der Waals surface area contributed by atoms with Gasteiger partial charge in [-0.05, 0) is 0 Å². The van der Waals surface area contributed by atoms with Gasteiger partial charge in [-0.25, -0.2) is 0 Å². The van der Waals surface area contributed by atoms with Gasteiger partial charge in [0.25, 0.3) is 0 Å². The third kappa shape index (κ3) is 2.44. The first-order valence-electron chi connectivity index (χ1n) is 2.71. The van der Waals surface area contributed by atoms with Crippen LogP contribution in [0.3, 0.4) is 0 Å². The summed E-state index contributed by atoms with van der Waals surface area (Å²) < 4.78 is 0. The average Bonchev–Trinajstić information content (AvgIpc) is 1.86. The quantitative estimate of drug-likeness (QED) is 0.365. The van der Waals surface area contributed by atoms with Crippen LogP contribution in [0.5, 0.6) is 0 Å². The predicted octanol–water partition coefficient (Wildman–Crippen LogP) is 2.15. The molecule has 7 heavy (non-hydrogen) atoms. The van der Waals surface area contributed by atoms with Crippen LogP contribution in [-0.4, -0.2) is 0 Å². The van der Waals surface area contributed by atoms with E-state index < -0.39 is 0 Å². The summed E-state index contributed by atoms with van der Waals surface area (Å²) in [5, 5.41) is 0. The van der Waals surface area contributed by atoms with Crippen LogP contribution in [0.15, 0.2) is 0 Å². The van der Waals surface area contributed by atoms with Crippen LogP contribution < -0.4 is 0 Å². The fourth-order valence-corrected chi connectivity index (χ4v) is 0.979. The molecule has 0 unspecified atom stereocenters. The zero-order valence-corrected chi connectivity index (χ0v) is 8.00. The van der Waals surface area contributed by atoms with Crippen LogP contribution in [0.4, 0.5) is 0 Å². The summed E-state index contributed by atoms with van der Waals surface area (Å²) in [7, 11) is 0. The van der Waals surface area contributed by atoms with Gasteiger partial charge < -0.3 is 5.92 Å². The van der Waals surface area contributed by atoms with Crippen LogP contribution in [0.1, 0.15) is 32.6 Å². The normalized spacial score (nSPS) is 21.9. The maximum absolute atomic E-state index is 2.26. The molecule has 1 aliphatic rings. The standard InChI is InChI=1S/C6H11.Zn/c1-6-4-2-3-5-6;/h2-5H2,1H3;/q-1;. The minimum atomic E-state index is 0. The Hall–Kier alpha value is 0.623. The van der Waals surface area contributed by atoms with E-state index in [0.717, 1.165) is 0 Å². The summed E-state index contributed by atoms with van der Waals surface area (Å²) in [6, 6.07) is 0. The van der Waals surface area contributed by atoms with Crippen molar-refractivity contribution in [1.82, 2.24) is 0 Å². The molecule has 38 valence electrons. The van der Waals surface area contributed by atoms with E-state index in [0.29, 0.717) is 0 Å². The molecule has 0 spiro atoms. The van der Waals surface area contributed by atoms with Gasteiger partial charge in [-0.2, -0.15) is 19.8 Å². The molecule has 1 heteroatoms. The van der Waals surface area contributed by atoms with Crippen molar-refractivity contribution < 1.29 is 19.5 Å². The Morgan fingerprint density at radius 3 is 1.71 bits per heavy atom. The van der Waals surface area contributed by atoms with E-state index in [2.05, 4.69) is 6.92 Å². The zero-order valence-electron chi connectivity index (χ0n) is 5.04. The Kier molecular flexibility index (Phi) is 3.92. The summed E-state index contributed by atoms with van der Waals surface area (Å²) in [6.07, 6.45) is 5.71. The van der Waals surface area contributed by atoms with Crippen molar-refractivity contribution >= 4 is 0 Å². The van der Waals surface area contributed by atoms with Crippen molar-refractivity contribution in [3.8, 4) is 0 Å². The van der Waals surface area contributed by atoms with E-state index in [-0.39, 0.29) is 19.5 Å². The van der Waals surface area contributed by atoms with Gasteiger partial charge in [-0.15, -0.1) is 0 Å². The second-order valence-electron chi connectivity index (χ2n) is 2.16. The van der Waals surface area contributed by atoms with Crippen molar-refractivity contribution in [3.05, 3.63) is 5.92 Å². The molecular formula is C6H11Zn-. The summed E-state index contributed by atoms with van der Waals surface area (Å²) in [6.45, 7) is 2.26. The Labute approximate surface area is 58.4 Å². The maximum Gasteiger partial charge on any atom is 0 e. The van der Waals surface area contributed by atoms with E-state index in [1.54, 1.807) is 5.92 Å². The summed E-state index contributed by atoms with van der Waals surface area (Å²) in [5.74, 6) is 1.70. The van der Waals surface area contributed by atoms with E-state index in [1.807, 2.05) is 0 Å². The summed E-state index contributed by atoms with van der Waals surface area (Å²) in [4.78, 5) is 0. The van der Waals surface area contributed by atoms with Gasteiger partial charge in [0.1, 0.15) is 0 Å². The minimum absolute atomic E-state index is 0. The Morgan fingerprint density at radius 1 is 1.14 bits per heavy atom. The van der Waals surface area contributed by atoms with Gasteiger partial charge in [0.15, 0.2) is 0 Å². The zero-order chi connectivity index (χ0) is 4.41. The van der Waals surface area contributed by atoms with Gasteiger partial charge >= 0.3 is 0 Å². The van der Waals surface area contributed by atoms with Crippen LogP contribution in [0, 0.1) is 5.92 Å². The number of rotatable bonds is 0. The SMILES string of the molecule is C[C-]1CCCC1.[Zn]. The molecule has 0 radical (unpaired) electrons. The van der Waals surface area contributed by atoms with E-state index in [9.17, 15) is 0 Å². The monoisotopic (exact) mass is 147 g/mol. The maximum atomic E-state index is 2.26. The molecule has 0 saturated heterocycles. The fourth-order valence-electron chi connectivity index (χ4n) is 0.979. The molecule has 0 heterocycles. The minimum Gasteiger partial charge on any atom is -0.317 e. The van der Waals surface area contributed by atoms with Crippen LogP contribution in [0.2, 0.25) is 0 Å². The second-order valence-corrected chi connectivity index (χ2v) is 2.16. The molecule has 1 aliphatic carbocycles. The van der Waals surface area contributed by atoms with Crippen molar-refractivity contribution in [1.29, 1.82) is 0 Å². The Balaban J connectivity index is 0.000000360. The van der Waals surface area contributed by atoms with Gasteiger partial charge in [0, 0.05) is 19.5 Å². The van der Waals surface area contributed by atoms with Crippen molar-refractivity contribution in [2.75, 3.05) is 0 Å². The molecule has 0 aromatic carbocycles.